The van der Waals surface area contributed by atoms with Crippen molar-refractivity contribution in [3.63, 3.8) is 0 Å². The molecule has 4 aromatic rings. The number of benzene rings is 2. The van der Waals surface area contributed by atoms with Gasteiger partial charge in [0.1, 0.15) is 6.04 Å². The van der Waals surface area contributed by atoms with Crippen LogP contribution >= 0.6 is 0 Å². The van der Waals surface area contributed by atoms with E-state index in [4.69, 9.17) is 4.74 Å². The van der Waals surface area contributed by atoms with Gasteiger partial charge in [0, 0.05) is 29.9 Å². The molecule has 0 fully saturated rings. The van der Waals surface area contributed by atoms with E-state index < -0.39 is 29.4 Å². The maximum atomic E-state index is 13.6. The van der Waals surface area contributed by atoms with E-state index in [9.17, 15) is 33.1 Å². The molecule has 234 valence electrons. The summed E-state index contributed by atoms with van der Waals surface area (Å²) < 4.78 is 49.2. The lowest BCUT2D eigenvalue weighted by Crippen LogP contribution is -3.00. The van der Waals surface area contributed by atoms with Crippen LogP contribution in [0.4, 0.5) is 24.8 Å². The van der Waals surface area contributed by atoms with Crippen molar-refractivity contribution in [1.82, 2.24) is 14.8 Å². The molecule has 0 radical (unpaired) electrons. The number of aliphatic hydroxyl groups is 1. The fourth-order valence-corrected chi connectivity index (χ4v) is 5.55. The second kappa shape index (κ2) is 13.5. The third kappa shape index (κ3) is 6.40. The molecule has 1 atom stereocenters. The maximum absolute atomic E-state index is 13.6. The Hall–Kier alpha value is -4.74. The van der Waals surface area contributed by atoms with E-state index in [0.717, 1.165) is 17.8 Å². The van der Waals surface area contributed by atoms with Gasteiger partial charge in [0.2, 0.25) is 5.95 Å². The van der Waals surface area contributed by atoms with Gasteiger partial charge < -0.3 is 26.8 Å². The molecule has 1 aliphatic heterocycles. The predicted molar refractivity (Wildman–Crippen MR) is 152 cm³/mol. The number of H-pyrrole nitrogens is 1. The van der Waals surface area contributed by atoms with Crippen LogP contribution in [0.2, 0.25) is 0 Å². The van der Waals surface area contributed by atoms with Gasteiger partial charge in [0.25, 0.3) is 0 Å². The first-order chi connectivity index (χ1) is 21.1. The standard InChI is InChI=1S/C31H27F3N6O4.BrH/c1-19-26(28(42)44-2)27(40-29(36-37-30(40)43)39(19)24-8-5-6-22(17-24)31(32,33)34)25-10-9-20(18-35)16-21(25)11-14-38-13-4-3-7-23(38)12-15-41;/h3-10,13,16-17,27,41H,11-12,14-15H2,1-2H3;1H. The number of aromatic nitrogens is 4. The highest BCUT2D eigenvalue weighted by molar-refractivity contribution is 5.93. The lowest BCUT2D eigenvalue weighted by molar-refractivity contribution is -0.703. The Bertz CT molecular complexity index is 1860. The van der Waals surface area contributed by atoms with Crippen molar-refractivity contribution in [3.8, 4) is 6.07 Å². The van der Waals surface area contributed by atoms with Crippen LogP contribution in [0.25, 0.3) is 0 Å². The summed E-state index contributed by atoms with van der Waals surface area (Å²) in [5.74, 6) is -0.816. The van der Waals surface area contributed by atoms with Crippen LogP contribution in [0.5, 0.6) is 0 Å². The zero-order chi connectivity index (χ0) is 31.6. The molecule has 0 saturated heterocycles. The number of aromatic amines is 1. The quantitative estimate of drug-likeness (QED) is 0.207. The zero-order valence-corrected chi connectivity index (χ0v) is 25.8. The molecule has 2 N–H and O–H groups in total. The van der Waals surface area contributed by atoms with Gasteiger partial charge >= 0.3 is 17.8 Å². The minimum atomic E-state index is -4.63. The Morgan fingerprint density at radius 2 is 1.93 bits per heavy atom. The number of rotatable bonds is 8. The predicted octanol–water partition coefficient (Wildman–Crippen LogP) is 0.719. The Morgan fingerprint density at radius 3 is 2.62 bits per heavy atom. The largest absolute Gasteiger partial charge is 1.00 e. The highest BCUT2D eigenvalue weighted by Gasteiger charge is 2.41. The van der Waals surface area contributed by atoms with Gasteiger partial charge in [-0.05, 0) is 48.4 Å². The molecule has 2 aromatic carbocycles. The molecule has 1 aliphatic rings. The fraction of sp³-hybridized carbons (Fsp3) is 0.258. The van der Waals surface area contributed by atoms with Crippen LogP contribution in [0, 0.1) is 11.3 Å². The summed E-state index contributed by atoms with van der Waals surface area (Å²) in [6.07, 6.45) is -1.95. The number of allylic oxidation sites excluding steroid dienone is 1. The van der Waals surface area contributed by atoms with Crippen LogP contribution in [0.15, 0.2) is 82.9 Å². The summed E-state index contributed by atoms with van der Waals surface area (Å²) >= 11 is 0. The van der Waals surface area contributed by atoms with E-state index in [-0.39, 0.29) is 46.5 Å². The zero-order valence-electron chi connectivity index (χ0n) is 24.2. The van der Waals surface area contributed by atoms with Crippen molar-refractivity contribution >= 4 is 17.6 Å². The molecular formula is C31H28BrF3N6O4. The Morgan fingerprint density at radius 1 is 1.16 bits per heavy atom. The van der Waals surface area contributed by atoms with E-state index in [1.54, 1.807) is 25.1 Å². The Balaban J connectivity index is 0.00000461. The lowest BCUT2D eigenvalue weighted by atomic mass is 9.89. The fourth-order valence-electron chi connectivity index (χ4n) is 5.55. The molecule has 0 amide bonds. The molecule has 0 bridgehead atoms. The number of aryl methyl sites for hydroxylation is 2. The van der Waals surface area contributed by atoms with Gasteiger partial charge in [0.15, 0.2) is 18.4 Å². The number of anilines is 2. The van der Waals surface area contributed by atoms with Gasteiger partial charge in [-0.3, -0.25) is 4.90 Å². The lowest BCUT2D eigenvalue weighted by Gasteiger charge is -2.36. The van der Waals surface area contributed by atoms with Gasteiger partial charge in [-0.2, -0.15) is 18.4 Å². The molecule has 10 nitrogen and oxygen atoms in total. The molecule has 0 spiro atoms. The van der Waals surface area contributed by atoms with E-state index >= 15 is 0 Å². The third-order valence-electron chi connectivity index (χ3n) is 7.57. The molecule has 14 heteroatoms. The molecule has 45 heavy (non-hydrogen) atoms. The number of hydrogen-bond donors (Lipinski definition) is 2. The maximum Gasteiger partial charge on any atom is 0.416 e. The normalized spacial score (nSPS) is 14.4. The summed E-state index contributed by atoms with van der Waals surface area (Å²) in [4.78, 5) is 28.1. The number of esters is 1. The van der Waals surface area contributed by atoms with Crippen LogP contribution < -0.4 is 32.1 Å². The molecular weight excluding hydrogens is 657 g/mol. The van der Waals surface area contributed by atoms with Crippen LogP contribution in [0.3, 0.4) is 0 Å². The smallest absolute Gasteiger partial charge is 0.416 e. The number of carbonyl (C=O) groups excluding carboxylic acids is 1. The Kier molecular flexibility index (Phi) is 9.94. The van der Waals surface area contributed by atoms with E-state index in [1.807, 2.05) is 29.0 Å². The summed E-state index contributed by atoms with van der Waals surface area (Å²) in [5, 5.41) is 25.7. The van der Waals surface area contributed by atoms with Crippen LogP contribution in [-0.4, -0.2) is 39.6 Å². The first kappa shape index (κ1) is 33.2. The summed E-state index contributed by atoms with van der Waals surface area (Å²) in [6.45, 7) is 1.96. The number of pyridine rings is 1. The first-order valence-electron chi connectivity index (χ1n) is 13.6. The van der Waals surface area contributed by atoms with Crippen molar-refractivity contribution in [1.29, 1.82) is 5.26 Å². The number of halogens is 4. The summed E-state index contributed by atoms with van der Waals surface area (Å²) in [7, 11) is 1.18. The van der Waals surface area contributed by atoms with Crippen molar-refractivity contribution in [2.24, 2.45) is 0 Å². The topological polar surface area (TPSA) is 128 Å². The number of carbonyl (C=O) groups is 1. The summed E-state index contributed by atoms with van der Waals surface area (Å²) in [5.41, 5.74) is 1.07. The van der Waals surface area contributed by atoms with Gasteiger partial charge in [-0.1, -0.05) is 18.2 Å². The molecule has 0 saturated carbocycles. The number of alkyl halides is 3. The van der Waals surface area contributed by atoms with Crippen LogP contribution in [0.1, 0.15) is 40.9 Å². The number of nitrogens with zero attached hydrogens (tertiary/aromatic N) is 5. The minimum absolute atomic E-state index is 0. The molecule has 5 rings (SSSR count). The summed E-state index contributed by atoms with van der Waals surface area (Å²) in [6, 6.07) is 16.1. The SMILES string of the molecule is COC(=O)C1=C(C)N(c2cccc(C(F)(F)F)c2)c2n[nH]c(=O)n2C1c1ccc(C#N)cc1CC[n+]1ccccc1CCO.[Br-]. The molecule has 3 heterocycles. The number of ether oxygens (including phenoxy) is 1. The van der Waals surface area contributed by atoms with Gasteiger partial charge in [-0.15, -0.1) is 5.10 Å². The van der Waals surface area contributed by atoms with Crippen molar-refractivity contribution in [2.75, 3.05) is 18.6 Å². The van der Waals surface area contributed by atoms with Gasteiger partial charge in [-0.25, -0.2) is 23.8 Å². The highest BCUT2D eigenvalue weighted by atomic mass is 79.9. The number of methoxy groups -OCH3 is 1. The highest BCUT2D eigenvalue weighted by Crippen LogP contribution is 2.43. The molecule has 2 aromatic heterocycles. The monoisotopic (exact) mass is 684 g/mol. The second-order valence-corrected chi connectivity index (χ2v) is 10.1. The number of hydrogen-bond acceptors (Lipinski definition) is 7. The van der Waals surface area contributed by atoms with Crippen molar-refractivity contribution < 1.29 is 49.4 Å². The molecule has 0 aliphatic carbocycles. The van der Waals surface area contributed by atoms with Crippen LogP contribution in [-0.2, 0) is 35.1 Å². The average molecular weight is 686 g/mol. The molecule has 1 unspecified atom stereocenters. The van der Waals surface area contributed by atoms with E-state index in [1.165, 1.54) is 28.7 Å². The second-order valence-electron chi connectivity index (χ2n) is 10.1. The Labute approximate surface area is 266 Å². The van der Waals surface area contributed by atoms with Crippen molar-refractivity contribution in [3.05, 3.63) is 117 Å². The average Bonchev–Trinajstić information content (AvgIpc) is 3.39. The van der Waals surface area contributed by atoms with Gasteiger partial charge in [0.05, 0.1) is 42.9 Å². The number of nitriles is 1. The number of aliphatic hydroxyl groups excluding tert-OH is 1. The van der Waals surface area contributed by atoms with E-state index in [0.29, 0.717) is 36.1 Å². The third-order valence-corrected chi connectivity index (χ3v) is 7.57. The van der Waals surface area contributed by atoms with Crippen molar-refractivity contribution in [2.45, 2.75) is 38.5 Å². The number of fused-ring (bicyclic) bond motifs is 1. The minimum Gasteiger partial charge on any atom is -1.00 e. The first-order valence-corrected chi connectivity index (χ1v) is 13.6. The number of nitrogens with one attached hydrogen (secondary N) is 1. The van der Waals surface area contributed by atoms with E-state index in [2.05, 4.69) is 16.3 Å².